The number of halogens is 1. The lowest BCUT2D eigenvalue weighted by Crippen LogP contribution is -2.40. The summed E-state index contributed by atoms with van der Waals surface area (Å²) in [5.41, 5.74) is 1.15. The molecule has 2 aliphatic rings. The number of piperidine rings is 1. The molecule has 1 amide bonds. The first-order valence-electron chi connectivity index (χ1n) is 8.96. The van der Waals surface area contributed by atoms with Crippen LogP contribution in [0.5, 0.6) is 11.5 Å². The van der Waals surface area contributed by atoms with Crippen LogP contribution in [0.15, 0.2) is 36.5 Å². The van der Waals surface area contributed by atoms with Crippen LogP contribution in [0, 0.1) is 5.92 Å². The lowest BCUT2D eigenvalue weighted by atomic mass is 9.88. The number of hydrogen-bond acceptors (Lipinski definition) is 5. The van der Waals surface area contributed by atoms with Crippen molar-refractivity contribution in [2.24, 2.45) is 5.92 Å². The molecule has 0 bridgehead atoms. The monoisotopic (exact) mass is 386 g/mol. The minimum atomic E-state index is -0.0994. The molecule has 0 aliphatic carbocycles. The van der Waals surface area contributed by atoms with Crippen molar-refractivity contribution in [1.29, 1.82) is 0 Å². The first-order chi connectivity index (χ1) is 13.1. The van der Waals surface area contributed by atoms with Crippen LogP contribution in [0.1, 0.15) is 33.6 Å². The summed E-state index contributed by atoms with van der Waals surface area (Å²) < 4.78 is 11.1. The molecule has 0 spiro atoms. The van der Waals surface area contributed by atoms with Gasteiger partial charge in [0.25, 0.3) is 5.91 Å². The molecule has 7 heteroatoms. The van der Waals surface area contributed by atoms with E-state index in [0.29, 0.717) is 66.9 Å². The number of rotatable bonds is 3. The van der Waals surface area contributed by atoms with Crippen LogP contribution < -0.4 is 9.47 Å². The van der Waals surface area contributed by atoms with Gasteiger partial charge in [-0.3, -0.25) is 9.59 Å². The highest BCUT2D eigenvalue weighted by molar-refractivity contribution is 6.29. The zero-order valence-electron chi connectivity index (χ0n) is 14.7. The van der Waals surface area contributed by atoms with E-state index in [9.17, 15) is 9.59 Å². The van der Waals surface area contributed by atoms with Crippen molar-refractivity contribution < 1.29 is 19.1 Å². The summed E-state index contributed by atoms with van der Waals surface area (Å²) in [6.07, 6.45) is 2.80. The highest BCUT2D eigenvalue weighted by Crippen LogP contribution is 2.32. The molecule has 2 aromatic rings. The standard InChI is InChI=1S/C20H19ClN2O4/c21-18-12-15(3-6-22-18)20(25)23-7-4-13(5-8-23)19(24)14-1-2-16-17(11-14)27-10-9-26-16/h1-3,6,11-13H,4-5,7-10H2. The Labute approximate surface area is 162 Å². The summed E-state index contributed by atoms with van der Waals surface area (Å²) in [6.45, 7) is 2.10. The highest BCUT2D eigenvalue weighted by atomic mass is 35.5. The Kier molecular flexibility index (Phi) is 4.99. The number of ether oxygens (including phenoxy) is 2. The summed E-state index contributed by atoms with van der Waals surface area (Å²) >= 11 is 5.87. The Morgan fingerprint density at radius 2 is 1.74 bits per heavy atom. The third kappa shape index (κ3) is 3.76. The fourth-order valence-corrected chi connectivity index (χ4v) is 3.67. The lowest BCUT2D eigenvalue weighted by molar-refractivity contribution is 0.0650. The Bertz CT molecular complexity index is 878. The number of aromatic nitrogens is 1. The molecule has 27 heavy (non-hydrogen) atoms. The van der Waals surface area contributed by atoms with Crippen LogP contribution in [0.3, 0.4) is 0 Å². The Morgan fingerprint density at radius 3 is 2.48 bits per heavy atom. The second-order valence-electron chi connectivity index (χ2n) is 6.66. The molecule has 0 unspecified atom stereocenters. The average molecular weight is 387 g/mol. The van der Waals surface area contributed by atoms with Gasteiger partial charge in [-0.2, -0.15) is 0 Å². The van der Waals surface area contributed by atoms with Gasteiger partial charge >= 0.3 is 0 Å². The van der Waals surface area contributed by atoms with Gasteiger partial charge in [-0.25, -0.2) is 4.98 Å². The third-order valence-corrected chi connectivity index (χ3v) is 5.16. The normalized spacial score (nSPS) is 16.9. The van der Waals surface area contributed by atoms with Gasteiger partial charge in [-0.1, -0.05) is 11.6 Å². The molecule has 0 atom stereocenters. The van der Waals surface area contributed by atoms with Gasteiger partial charge in [-0.05, 0) is 43.2 Å². The summed E-state index contributed by atoms with van der Waals surface area (Å²) in [5, 5.41) is 0.296. The molecule has 0 saturated carbocycles. The third-order valence-electron chi connectivity index (χ3n) is 4.95. The number of pyridine rings is 1. The minimum absolute atomic E-state index is 0.0791. The zero-order valence-corrected chi connectivity index (χ0v) is 15.4. The van der Waals surface area contributed by atoms with Crippen molar-refractivity contribution in [3.8, 4) is 11.5 Å². The first-order valence-corrected chi connectivity index (χ1v) is 9.34. The maximum absolute atomic E-state index is 12.9. The molecule has 1 aromatic carbocycles. The van der Waals surface area contributed by atoms with Crippen molar-refractivity contribution in [2.75, 3.05) is 26.3 Å². The zero-order chi connectivity index (χ0) is 18.8. The first kappa shape index (κ1) is 17.8. The fraction of sp³-hybridized carbons (Fsp3) is 0.350. The second kappa shape index (κ2) is 7.56. The fourth-order valence-electron chi connectivity index (χ4n) is 3.50. The molecule has 6 nitrogen and oxygen atoms in total. The quantitative estimate of drug-likeness (QED) is 0.598. The topological polar surface area (TPSA) is 68.7 Å². The van der Waals surface area contributed by atoms with Crippen LogP contribution in [0.25, 0.3) is 0 Å². The number of nitrogens with zero attached hydrogens (tertiary/aromatic N) is 2. The predicted molar refractivity (Wildman–Crippen MR) is 99.6 cm³/mol. The minimum Gasteiger partial charge on any atom is -0.486 e. The van der Waals surface area contributed by atoms with E-state index in [0.717, 1.165) is 0 Å². The summed E-state index contributed by atoms with van der Waals surface area (Å²) in [7, 11) is 0. The Hall–Kier alpha value is -2.60. The number of fused-ring (bicyclic) bond motifs is 1. The SMILES string of the molecule is O=C(c1ccc2c(c1)OCCO2)C1CCN(C(=O)c2ccnc(Cl)c2)CC1. The second-order valence-corrected chi connectivity index (χ2v) is 7.04. The Balaban J connectivity index is 1.40. The number of carbonyl (C=O) groups is 2. The van der Waals surface area contributed by atoms with Gasteiger partial charge in [0.15, 0.2) is 17.3 Å². The van der Waals surface area contributed by atoms with Gasteiger partial charge in [0.2, 0.25) is 0 Å². The highest BCUT2D eigenvalue weighted by Gasteiger charge is 2.29. The number of amides is 1. The number of benzene rings is 1. The van der Waals surface area contributed by atoms with Crippen molar-refractivity contribution in [3.05, 3.63) is 52.8 Å². The molecule has 2 aliphatic heterocycles. The molecule has 0 N–H and O–H groups in total. The predicted octanol–water partition coefficient (Wildman–Crippen LogP) is 3.24. The summed E-state index contributed by atoms with van der Waals surface area (Å²) in [5.74, 6) is 1.21. The Morgan fingerprint density at radius 1 is 1.00 bits per heavy atom. The molecule has 4 rings (SSSR count). The van der Waals surface area contributed by atoms with Crippen LogP contribution in [-0.2, 0) is 0 Å². The molecule has 1 fully saturated rings. The average Bonchev–Trinajstić information content (AvgIpc) is 2.72. The summed E-state index contributed by atoms with van der Waals surface area (Å²) in [6, 6.07) is 8.55. The van der Waals surface area contributed by atoms with Crippen molar-refractivity contribution in [3.63, 3.8) is 0 Å². The molecule has 3 heterocycles. The molecular formula is C20H19ClN2O4. The van der Waals surface area contributed by atoms with Crippen LogP contribution in [-0.4, -0.2) is 47.9 Å². The number of carbonyl (C=O) groups excluding carboxylic acids is 2. The molecular weight excluding hydrogens is 368 g/mol. The van der Waals surface area contributed by atoms with E-state index >= 15 is 0 Å². The van der Waals surface area contributed by atoms with Crippen LogP contribution >= 0.6 is 11.6 Å². The number of Topliss-reactive ketones (excluding diaryl/α,β-unsaturated/α-hetero) is 1. The van der Waals surface area contributed by atoms with Gasteiger partial charge in [0.1, 0.15) is 18.4 Å². The summed E-state index contributed by atoms with van der Waals surface area (Å²) in [4.78, 5) is 31.1. The van der Waals surface area contributed by atoms with E-state index in [2.05, 4.69) is 4.98 Å². The number of ketones is 1. The van der Waals surface area contributed by atoms with Crippen molar-refractivity contribution in [2.45, 2.75) is 12.8 Å². The molecule has 140 valence electrons. The van der Waals surface area contributed by atoms with Gasteiger partial charge < -0.3 is 14.4 Å². The van der Waals surface area contributed by atoms with Gasteiger partial charge in [0.05, 0.1) is 0 Å². The van der Waals surface area contributed by atoms with Crippen LogP contribution in [0.2, 0.25) is 5.15 Å². The lowest BCUT2D eigenvalue weighted by Gasteiger charge is -2.31. The van der Waals surface area contributed by atoms with E-state index in [1.807, 2.05) is 0 Å². The molecule has 1 aromatic heterocycles. The maximum Gasteiger partial charge on any atom is 0.254 e. The largest absolute Gasteiger partial charge is 0.486 e. The molecule has 1 saturated heterocycles. The van der Waals surface area contributed by atoms with Gasteiger partial charge in [0, 0.05) is 36.3 Å². The maximum atomic E-state index is 12.9. The van der Waals surface area contributed by atoms with E-state index in [-0.39, 0.29) is 17.6 Å². The van der Waals surface area contributed by atoms with Crippen LogP contribution in [0.4, 0.5) is 0 Å². The van der Waals surface area contributed by atoms with Crippen molar-refractivity contribution in [1.82, 2.24) is 9.88 Å². The smallest absolute Gasteiger partial charge is 0.254 e. The number of hydrogen-bond donors (Lipinski definition) is 0. The van der Waals surface area contributed by atoms with Crippen molar-refractivity contribution >= 4 is 23.3 Å². The van der Waals surface area contributed by atoms with E-state index in [1.165, 1.54) is 6.20 Å². The molecule has 0 radical (unpaired) electrons. The van der Waals surface area contributed by atoms with E-state index < -0.39 is 0 Å². The van der Waals surface area contributed by atoms with E-state index in [4.69, 9.17) is 21.1 Å². The number of likely N-dealkylation sites (tertiary alicyclic amines) is 1. The van der Waals surface area contributed by atoms with E-state index in [1.54, 1.807) is 35.2 Å². The van der Waals surface area contributed by atoms with Gasteiger partial charge in [-0.15, -0.1) is 0 Å².